The summed E-state index contributed by atoms with van der Waals surface area (Å²) < 4.78 is 2.28. The maximum atomic E-state index is 12.6. The summed E-state index contributed by atoms with van der Waals surface area (Å²) in [4.78, 5) is 33.5. The Balaban J connectivity index is 1.75. The van der Waals surface area contributed by atoms with Gasteiger partial charge in [0, 0.05) is 23.1 Å². The lowest BCUT2D eigenvalue weighted by Gasteiger charge is -2.12. The van der Waals surface area contributed by atoms with Gasteiger partial charge >= 0.3 is 0 Å². The fraction of sp³-hybridized carbons (Fsp3) is 0.263. The molecule has 1 N–H and O–H groups in total. The lowest BCUT2D eigenvalue weighted by Crippen LogP contribution is -2.24. The summed E-state index contributed by atoms with van der Waals surface area (Å²) in [7, 11) is 0. The van der Waals surface area contributed by atoms with Crippen LogP contribution in [0.2, 0.25) is 0 Å². The van der Waals surface area contributed by atoms with Gasteiger partial charge in [0.2, 0.25) is 5.91 Å². The zero-order chi connectivity index (χ0) is 18.8. The van der Waals surface area contributed by atoms with Crippen LogP contribution in [0.3, 0.4) is 0 Å². The van der Waals surface area contributed by atoms with E-state index in [9.17, 15) is 9.59 Å². The predicted molar refractivity (Wildman–Crippen MR) is 105 cm³/mol. The first-order chi connectivity index (χ1) is 12.3. The average Bonchev–Trinajstić information content (AvgIpc) is 2.58. The van der Waals surface area contributed by atoms with Gasteiger partial charge in [-0.25, -0.2) is 4.98 Å². The molecule has 6 nitrogen and oxygen atoms in total. The second-order valence-electron chi connectivity index (χ2n) is 6.24. The molecule has 0 radical (unpaired) electrons. The lowest BCUT2D eigenvalue weighted by atomic mass is 10.1. The third-order valence-corrected chi connectivity index (χ3v) is 4.65. The van der Waals surface area contributed by atoms with E-state index < -0.39 is 0 Å². The molecule has 134 valence electrons. The normalized spacial score (nSPS) is 10.9. The molecule has 3 aromatic rings. The summed E-state index contributed by atoms with van der Waals surface area (Å²) in [5.41, 5.74) is 3.87. The Morgan fingerprint density at radius 1 is 1.23 bits per heavy atom. The lowest BCUT2D eigenvalue weighted by molar-refractivity contribution is -0.116. The smallest absolute Gasteiger partial charge is 0.261 e. The minimum Gasteiger partial charge on any atom is -0.324 e. The highest BCUT2D eigenvalue weighted by molar-refractivity contribution is 9.10. The van der Waals surface area contributed by atoms with Gasteiger partial charge in [0.25, 0.3) is 5.56 Å². The Bertz CT molecular complexity index is 1040. The highest BCUT2D eigenvalue weighted by Crippen LogP contribution is 2.19. The maximum Gasteiger partial charge on any atom is 0.261 e. The second-order valence-corrected chi connectivity index (χ2v) is 7.16. The number of anilines is 1. The van der Waals surface area contributed by atoms with Crippen molar-refractivity contribution in [2.75, 3.05) is 5.32 Å². The Labute approximate surface area is 159 Å². The fourth-order valence-electron chi connectivity index (χ4n) is 2.93. The number of aromatic nitrogens is 3. The van der Waals surface area contributed by atoms with Crippen molar-refractivity contribution < 1.29 is 4.79 Å². The van der Waals surface area contributed by atoms with Crippen molar-refractivity contribution in [1.29, 1.82) is 0 Å². The zero-order valence-corrected chi connectivity index (χ0v) is 16.4. The van der Waals surface area contributed by atoms with Gasteiger partial charge in [-0.3, -0.25) is 19.1 Å². The number of amides is 1. The minimum atomic E-state index is -0.164. The van der Waals surface area contributed by atoms with Gasteiger partial charge < -0.3 is 5.32 Å². The number of aryl methyl sites for hydroxylation is 4. The van der Waals surface area contributed by atoms with E-state index in [1.165, 1.54) is 10.9 Å². The number of nitrogens with one attached hydrogen (secondary N) is 1. The quantitative estimate of drug-likeness (QED) is 0.708. The first-order valence-electron chi connectivity index (χ1n) is 8.24. The number of nitrogens with zero attached hydrogens (tertiary/aromatic N) is 3. The topological polar surface area (TPSA) is 76.9 Å². The molecule has 1 aromatic carbocycles. The summed E-state index contributed by atoms with van der Waals surface area (Å²) in [5, 5.41) is 3.42. The molecular weight excluding hydrogens is 396 g/mol. The van der Waals surface area contributed by atoms with Crippen molar-refractivity contribution in [2.45, 2.75) is 33.7 Å². The molecular formula is C19H19BrN4O2. The summed E-state index contributed by atoms with van der Waals surface area (Å²) in [6.45, 7) is 5.98. The summed E-state index contributed by atoms with van der Waals surface area (Å²) in [5.74, 6) is -0.164. The van der Waals surface area contributed by atoms with Crippen LogP contribution in [0, 0.1) is 20.8 Å². The van der Waals surface area contributed by atoms with Crippen molar-refractivity contribution in [1.82, 2.24) is 14.5 Å². The van der Waals surface area contributed by atoms with Crippen LogP contribution in [0.25, 0.3) is 10.9 Å². The highest BCUT2D eigenvalue weighted by Gasteiger charge is 2.11. The zero-order valence-electron chi connectivity index (χ0n) is 14.8. The number of benzene rings is 1. The molecule has 0 aliphatic rings. The van der Waals surface area contributed by atoms with E-state index in [1.54, 1.807) is 12.1 Å². The standard InChI is InChI=1S/C19H19BrN4O2/c1-11-8-12(2)22-13(3)18(11)23-17(25)6-7-24-10-21-16-5-4-14(20)9-15(16)19(24)26/h4-5,8-10H,6-7H2,1-3H3,(H,23,25). The molecule has 2 heterocycles. The maximum absolute atomic E-state index is 12.6. The molecule has 0 saturated heterocycles. The van der Waals surface area contributed by atoms with E-state index in [-0.39, 0.29) is 24.4 Å². The molecule has 1 amide bonds. The van der Waals surface area contributed by atoms with Crippen LogP contribution in [-0.2, 0) is 11.3 Å². The number of carbonyl (C=O) groups is 1. The van der Waals surface area contributed by atoms with Gasteiger partial charge in [-0.15, -0.1) is 0 Å². The van der Waals surface area contributed by atoms with Crippen LogP contribution in [0.5, 0.6) is 0 Å². The molecule has 2 aromatic heterocycles. The molecule has 3 rings (SSSR count). The fourth-order valence-corrected chi connectivity index (χ4v) is 3.29. The molecule has 0 atom stereocenters. The number of rotatable bonds is 4. The van der Waals surface area contributed by atoms with E-state index in [0.717, 1.165) is 27.1 Å². The number of hydrogen-bond acceptors (Lipinski definition) is 4. The minimum absolute atomic E-state index is 0.159. The number of fused-ring (bicyclic) bond motifs is 1. The van der Waals surface area contributed by atoms with Crippen LogP contribution in [0.15, 0.2) is 39.9 Å². The second kappa shape index (κ2) is 7.37. The third kappa shape index (κ3) is 3.83. The van der Waals surface area contributed by atoms with Crippen LogP contribution >= 0.6 is 15.9 Å². The molecule has 0 fully saturated rings. The van der Waals surface area contributed by atoms with Crippen molar-refractivity contribution in [3.8, 4) is 0 Å². The number of hydrogen-bond donors (Lipinski definition) is 1. The monoisotopic (exact) mass is 414 g/mol. The summed E-state index contributed by atoms with van der Waals surface area (Å²) in [6.07, 6.45) is 1.66. The SMILES string of the molecule is Cc1cc(C)c(NC(=O)CCn2cnc3ccc(Br)cc3c2=O)c(C)n1. The Kier molecular flexibility index (Phi) is 5.18. The number of pyridine rings is 1. The third-order valence-electron chi connectivity index (χ3n) is 4.16. The molecule has 0 aliphatic carbocycles. The van der Waals surface area contributed by atoms with Crippen LogP contribution in [0.1, 0.15) is 23.4 Å². The first kappa shape index (κ1) is 18.3. The van der Waals surface area contributed by atoms with Crippen molar-refractivity contribution in [3.63, 3.8) is 0 Å². The highest BCUT2D eigenvalue weighted by atomic mass is 79.9. The van der Waals surface area contributed by atoms with E-state index in [2.05, 4.69) is 31.2 Å². The van der Waals surface area contributed by atoms with Crippen LogP contribution < -0.4 is 10.9 Å². The number of halogens is 1. The molecule has 0 spiro atoms. The van der Waals surface area contributed by atoms with Gasteiger partial charge in [-0.05, 0) is 50.6 Å². The molecule has 0 unspecified atom stereocenters. The predicted octanol–water partition coefficient (Wildman–Crippen LogP) is 3.51. The number of carbonyl (C=O) groups excluding carboxylic acids is 1. The van der Waals surface area contributed by atoms with Gasteiger partial charge in [0.1, 0.15) is 0 Å². The summed E-state index contributed by atoms with van der Waals surface area (Å²) >= 11 is 3.36. The van der Waals surface area contributed by atoms with Crippen molar-refractivity contribution in [3.05, 3.63) is 62.4 Å². The summed E-state index contributed by atoms with van der Waals surface area (Å²) in [6, 6.07) is 7.30. The molecule has 0 bridgehead atoms. The average molecular weight is 415 g/mol. The molecule has 0 aliphatic heterocycles. The van der Waals surface area contributed by atoms with E-state index in [1.807, 2.05) is 32.9 Å². The Hall–Kier alpha value is -2.54. The first-order valence-corrected chi connectivity index (χ1v) is 9.04. The van der Waals surface area contributed by atoms with Crippen LogP contribution in [-0.4, -0.2) is 20.4 Å². The van der Waals surface area contributed by atoms with Crippen molar-refractivity contribution >= 4 is 38.4 Å². The molecule has 26 heavy (non-hydrogen) atoms. The molecule has 7 heteroatoms. The Morgan fingerprint density at radius 3 is 2.73 bits per heavy atom. The van der Waals surface area contributed by atoms with Gasteiger partial charge in [-0.2, -0.15) is 0 Å². The Morgan fingerprint density at radius 2 is 2.00 bits per heavy atom. The van der Waals surface area contributed by atoms with E-state index in [4.69, 9.17) is 0 Å². The van der Waals surface area contributed by atoms with Gasteiger partial charge in [-0.1, -0.05) is 15.9 Å². The van der Waals surface area contributed by atoms with Crippen LogP contribution in [0.4, 0.5) is 5.69 Å². The van der Waals surface area contributed by atoms with Crippen molar-refractivity contribution in [2.24, 2.45) is 0 Å². The van der Waals surface area contributed by atoms with E-state index in [0.29, 0.717) is 10.9 Å². The van der Waals surface area contributed by atoms with Gasteiger partial charge in [0.15, 0.2) is 0 Å². The molecule has 0 saturated carbocycles. The van der Waals surface area contributed by atoms with E-state index >= 15 is 0 Å². The largest absolute Gasteiger partial charge is 0.324 e. The van der Waals surface area contributed by atoms with Gasteiger partial charge in [0.05, 0.1) is 28.6 Å².